The van der Waals surface area contributed by atoms with Crippen LogP contribution in [0.25, 0.3) is 0 Å². The lowest BCUT2D eigenvalue weighted by Gasteiger charge is -2.10. The van der Waals surface area contributed by atoms with Crippen molar-refractivity contribution in [2.24, 2.45) is 0 Å². The van der Waals surface area contributed by atoms with E-state index in [0.717, 1.165) is 12.2 Å². The first kappa shape index (κ1) is 11.0. The fraction of sp³-hybridized carbons (Fsp3) is 0.455. The predicted molar refractivity (Wildman–Crippen MR) is 65.1 cm³/mol. The molecule has 0 radical (unpaired) electrons. The third kappa shape index (κ3) is 3.28. The van der Waals surface area contributed by atoms with Crippen LogP contribution in [0.5, 0.6) is 0 Å². The minimum atomic E-state index is 0.633. The van der Waals surface area contributed by atoms with Crippen molar-refractivity contribution in [2.45, 2.75) is 24.2 Å². The van der Waals surface area contributed by atoms with Crippen LogP contribution in [0.4, 0.5) is 0 Å². The summed E-state index contributed by atoms with van der Waals surface area (Å²) in [7, 11) is 0. The second-order valence-electron chi connectivity index (χ2n) is 3.19. The van der Waals surface area contributed by atoms with Gasteiger partial charge in [0.25, 0.3) is 0 Å². The summed E-state index contributed by atoms with van der Waals surface area (Å²) in [6.45, 7) is 2.25. The number of hydrogen-bond donors (Lipinski definition) is 1. The topological polar surface area (TPSA) is 0 Å². The molecule has 0 amide bonds. The molecule has 0 saturated carbocycles. The standard InChI is InChI=1S/C11H16S2/c1-9(7-8-12)10-3-5-11(13-2)6-4-10/h3-6,9,12H,7-8H2,1-2H3. The van der Waals surface area contributed by atoms with Gasteiger partial charge in [-0.2, -0.15) is 12.6 Å². The van der Waals surface area contributed by atoms with E-state index in [9.17, 15) is 0 Å². The first-order valence-electron chi connectivity index (χ1n) is 4.52. The van der Waals surface area contributed by atoms with E-state index in [-0.39, 0.29) is 0 Å². The summed E-state index contributed by atoms with van der Waals surface area (Å²) in [6.07, 6.45) is 3.26. The van der Waals surface area contributed by atoms with Gasteiger partial charge in [-0.1, -0.05) is 19.1 Å². The van der Waals surface area contributed by atoms with Crippen molar-refractivity contribution in [3.63, 3.8) is 0 Å². The maximum atomic E-state index is 4.24. The first-order chi connectivity index (χ1) is 6.27. The monoisotopic (exact) mass is 212 g/mol. The third-order valence-corrected chi connectivity index (χ3v) is 3.25. The van der Waals surface area contributed by atoms with Gasteiger partial charge in [0.1, 0.15) is 0 Å². The largest absolute Gasteiger partial charge is 0.179 e. The molecule has 1 aromatic rings. The molecule has 0 aliphatic carbocycles. The maximum absolute atomic E-state index is 4.24. The summed E-state index contributed by atoms with van der Waals surface area (Å²) in [5.74, 6) is 1.60. The Balaban J connectivity index is 2.67. The highest BCUT2D eigenvalue weighted by Gasteiger charge is 2.03. The molecule has 13 heavy (non-hydrogen) atoms. The Bertz CT molecular complexity index is 241. The molecule has 1 atom stereocenters. The third-order valence-electron chi connectivity index (χ3n) is 2.25. The van der Waals surface area contributed by atoms with Gasteiger partial charge in [0, 0.05) is 4.90 Å². The van der Waals surface area contributed by atoms with Crippen LogP contribution in [0.15, 0.2) is 29.2 Å². The maximum Gasteiger partial charge on any atom is 0.00693 e. The summed E-state index contributed by atoms with van der Waals surface area (Å²) < 4.78 is 0. The molecule has 0 heterocycles. The number of hydrogen-bond acceptors (Lipinski definition) is 2. The Hall–Kier alpha value is -0.0800. The normalized spacial score (nSPS) is 12.8. The van der Waals surface area contributed by atoms with Gasteiger partial charge in [-0.25, -0.2) is 0 Å². The highest BCUT2D eigenvalue weighted by molar-refractivity contribution is 7.98. The highest BCUT2D eigenvalue weighted by atomic mass is 32.2. The average Bonchev–Trinajstić information content (AvgIpc) is 2.18. The molecular weight excluding hydrogens is 196 g/mol. The summed E-state index contributed by atoms with van der Waals surface area (Å²) in [6, 6.07) is 8.82. The lowest BCUT2D eigenvalue weighted by atomic mass is 9.99. The Kier molecular flexibility index (Phi) is 4.74. The molecule has 1 unspecified atom stereocenters. The van der Waals surface area contributed by atoms with Crippen LogP contribution in [-0.4, -0.2) is 12.0 Å². The molecule has 0 fully saturated rings. The average molecular weight is 212 g/mol. The molecule has 0 spiro atoms. The lowest BCUT2D eigenvalue weighted by molar-refractivity contribution is 0.741. The fourth-order valence-corrected chi connectivity index (χ4v) is 2.09. The number of benzene rings is 1. The minimum absolute atomic E-state index is 0.633. The highest BCUT2D eigenvalue weighted by Crippen LogP contribution is 2.22. The van der Waals surface area contributed by atoms with Gasteiger partial charge in [-0.3, -0.25) is 0 Å². The molecule has 1 rings (SSSR count). The first-order valence-corrected chi connectivity index (χ1v) is 6.38. The molecule has 2 heteroatoms. The van der Waals surface area contributed by atoms with Crippen molar-refractivity contribution in [3.05, 3.63) is 29.8 Å². The second-order valence-corrected chi connectivity index (χ2v) is 4.51. The van der Waals surface area contributed by atoms with Gasteiger partial charge in [-0.15, -0.1) is 11.8 Å². The van der Waals surface area contributed by atoms with Crippen molar-refractivity contribution < 1.29 is 0 Å². The molecule has 1 aromatic carbocycles. The zero-order valence-electron chi connectivity index (χ0n) is 8.16. The molecule has 0 aliphatic heterocycles. The predicted octanol–water partition coefficient (Wildman–Crippen LogP) is 3.83. The smallest absolute Gasteiger partial charge is 0.00693 e. The molecular formula is C11H16S2. The lowest BCUT2D eigenvalue weighted by Crippen LogP contribution is -1.93. The van der Waals surface area contributed by atoms with Gasteiger partial charge in [0.2, 0.25) is 0 Å². The Labute approximate surface area is 90.5 Å². The minimum Gasteiger partial charge on any atom is -0.179 e. The Morgan fingerprint density at radius 2 is 1.92 bits per heavy atom. The molecule has 0 bridgehead atoms. The van der Waals surface area contributed by atoms with Crippen LogP contribution in [0.2, 0.25) is 0 Å². The fourth-order valence-electron chi connectivity index (χ4n) is 1.29. The Morgan fingerprint density at radius 3 is 2.38 bits per heavy atom. The SMILES string of the molecule is CSc1ccc(C(C)CCS)cc1. The number of thiol groups is 1. The van der Waals surface area contributed by atoms with E-state index < -0.39 is 0 Å². The van der Waals surface area contributed by atoms with Crippen LogP contribution in [0.3, 0.4) is 0 Å². The van der Waals surface area contributed by atoms with Crippen LogP contribution >= 0.6 is 24.4 Å². The van der Waals surface area contributed by atoms with Gasteiger partial charge in [0.15, 0.2) is 0 Å². The Morgan fingerprint density at radius 1 is 1.31 bits per heavy atom. The molecule has 0 saturated heterocycles. The van der Waals surface area contributed by atoms with Crippen molar-refractivity contribution >= 4 is 24.4 Å². The van der Waals surface area contributed by atoms with Crippen molar-refractivity contribution in [1.82, 2.24) is 0 Å². The quantitative estimate of drug-likeness (QED) is 0.584. The van der Waals surface area contributed by atoms with Crippen LogP contribution in [-0.2, 0) is 0 Å². The second kappa shape index (κ2) is 5.61. The van der Waals surface area contributed by atoms with Gasteiger partial charge < -0.3 is 0 Å². The van der Waals surface area contributed by atoms with E-state index in [1.807, 2.05) is 0 Å². The van der Waals surface area contributed by atoms with E-state index in [2.05, 4.69) is 50.1 Å². The molecule has 72 valence electrons. The number of thioether (sulfide) groups is 1. The van der Waals surface area contributed by atoms with Crippen molar-refractivity contribution in [1.29, 1.82) is 0 Å². The van der Waals surface area contributed by atoms with Gasteiger partial charge >= 0.3 is 0 Å². The van der Waals surface area contributed by atoms with Gasteiger partial charge in [0.05, 0.1) is 0 Å². The number of rotatable bonds is 4. The summed E-state index contributed by atoms with van der Waals surface area (Å²) in [5.41, 5.74) is 1.42. The van der Waals surface area contributed by atoms with E-state index >= 15 is 0 Å². The van der Waals surface area contributed by atoms with E-state index in [1.54, 1.807) is 11.8 Å². The van der Waals surface area contributed by atoms with Crippen molar-refractivity contribution in [3.8, 4) is 0 Å². The van der Waals surface area contributed by atoms with E-state index in [1.165, 1.54) is 10.5 Å². The molecule has 0 aromatic heterocycles. The van der Waals surface area contributed by atoms with Crippen molar-refractivity contribution in [2.75, 3.05) is 12.0 Å². The zero-order chi connectivity index (χ0) is 9.68. The summed E-state index contributed by atoms with van der Waals surface area (Å²) >= 11 is 6.03. The molecule has 0 N–H and O–H groups in total. The zero-order valence-corrected chi connectivity index (χ0v) is 9.87. The van der Waals surface area contributed by atoms with E-state index in [0.29, 0.717) is 5.92 Å². The van der Waals surface area contributed by atoms with Crippen LogP contribution < -0.4 is 0 Å². The van der Waals surface area contributed by atoms with Crippen LogP contribution in [0, 0.1) is 0 Å². The summed E-state index contributed by atoms with van der Waals surface area (Å²) in [5, 5.41) is 0. The van der Waals surface area contributed by atoms with Gasteiger partial charge in [-0.05, 0) is 42.0 Å². The van der Waals surface area contributed by atoms with E-state index in [4.69, 9.17) is 0 Å². The molecule has 0 aliphatic rings. The van der Waals surface area contributed by atoms with Crippen LogP contribution in [0.1, 0.15) is 24.8 Å². The summed E-state index contributed by atoms with van der Waals surface area (Å²) in [4.78, 5) is 1.34. The molecule has 0 nitrogen and oxygen atoms in total.